The van der Waals surface area contributed by atoms with Gasteiger partial charge in [-0.25, -0.2) is 0 Å². The maximum absolute atomic E-state index is 14.7. The van der Waals surface area contributed by atoms with Crippen LogP contribution in [-0.2, 0) is 51.2 Å². The van der Waals surface area contributed by atoms with Gasteiger partial charge in [0.1, 0.15) is 48.3 Å². The van der Waals surface area contributed by atoms with Gasteiger partial charge in [0.05, 0.1) is 13.2 Å². The van der Waals surface area contributed by atoms with Crippen LogP contribution in [0.25, 0.3) is 11.1 Å². The van der Waals surface area contributed by atoms with Crippen molar-refractivity contribution in [3.8, 4) is 11.1 Å². The van der Waals surface area contributed by atoms with E-state index in [4.69, 9.17) is 28.7 Å². The number of nitrogens with one attached hydrogen (secondary N) is 7. The second-order valence-electron chi connectivity index (χ2n) is 19.1. The van der Waals surface area contributed by atoms with Crippen LogP contribution in [0.15, 0.2) is 94.9 Å². The molecule has 25 heteroatoms. The van der Waals surface area contributed by atoms with E-state index >= 15 is 0 Å². The van der Waals surface area contributed by atoms with Gasteiger partial charge in [-0.3, -0.25) is 48.3 Å². The number of aliphatic hydroxyl groups excluding tert-OH is 2. The number of hydrogen-bond acceptors (Lipinski definition) is 13. The van der Waals surface area contributed by atoms with Crippen molar-refractivity contribution in [3.63, 3.8) is 0 Å². The number of aliphatic hydroxyl groups is 2. The zero-order valence-corrected chi connectivity index (χ0v) is 43.6. The van der Waals surface area contributed by atoms with Crippen molar-refractivity contribution in [2.24, 2.45) is 38.7 Å². The van der Waals surface area contributed by atoms with E-state index in [2.05, 4.69) is 47.2 Å². The van der Waals surface area contributed by atoms with Gasteiger partial charge < -0.3 is 81.0 Å². The molecule has 422 valence electrons. The average molecular weight is 1080 g/mol. The second-order valence-corrected chi connectivity index (χ2v) is 19.1. The molecule has 25 nitrogen and oxygen atoms in total. The number of carbonyl (C=O) groups excluding carboxylic acids is 8. The molecule has 2 saturated heterocycles. The molecule has 2 fully saturated rings. The lowest BCUT2D eigenvalue weighted by Crippen LogP contribution is -2.62. The van der Waals surface area contributed by atoms with Crippen molar-refractivity contribution in [2.45, 2.75) is 119 Å². The highest BCUT2D eigenvalue weighted by atomic mass is 16.3. The van der Waals surface area contributed by atoms with Gasteiger partial charge in [0.2, 0.25) is 47.3 Å². The molecule has 0 aliphatic carbocycles. The normalized spacial score (nSPS) is 23.2. The Morgan fingerprint density at radius 3 is 1.37 bits per heavy atom. The highest BCUT2D eigenvalue weighted by Gasteiger charge is 2.41. The standard InChI is InChI=1S/C53H75N15O10/c54-24-8-7-16-36-46(73)66-41(30-69)48(75)64-39(28-33-20-22-35(23-21-33)34-14-5-2-6-15-34)47(74)67-42(31-70)49(76)65-40(29-32-12-3-1-4-13-32)51(78)68-27-11-19-43(68)50(77)63-38(18-10-26-60-53(57)58)45(72)62-37(44(71)61-36)17-9-25-59-52(55)56/h1-6,12-15,20-23,36-43,69-70H,7-11,16-19,24-31,54H2,(H,61,71)(H,62,72)(H,63,77)(H,64,75)(H,65,76)(H,66,73)(H,67,74)(H4,55,56,59)(H4,57,58,60)/t36-,37-,38-,39-,40+,41-,42-,43+/m0/s1. The summed E-state index contributed by atoms with van der Waals surface area (Å²) in [6.45, 7) is -1.50. The van der Waals surface area contributed by atoms with E-state index in [-0.39, 0.29) is 89.5 Å². The monoisotopic (exact) mass is 1080 g/mol. The maximum Gasteiger partial charge on any atom is 0.246 e. The highest BCUT2D eigenvalue weighted by molar-refractivity contribution is 5.99. The SMILES string of the molecule is NCCCC[C@@H]1NC(=O)[C@H](CCCN=C(N)N)NC(=O)[C@H](CCCN=C(N)N)NC(=O)[C@H]2CCCN2C(=O)[C@@H](Cc2ccccc2)NC(=O)[C@H](CO)NC(=O)[C@H](Cc2ccc(-c3ccccc3)cc2)NC(=O)[C@H](CO)NC1=O. The van der Waals surface area contributed by atoms with Crippen LogP contribution in [0.3, 0.4) is 0 Å². The molecule has 2 heterocycles. The molecule has 0 saturated carbocycles. The molecule has 0 spiro atoms. The van der Waals surface area contributed by atoms with Crippen LogP contribution in [0, 0.1) is 0 Å². The minimum absolute atomic E-state index is 0.00981. The Kier molecular flexibility index (Phi) is 24.2. The fraction of sp³-hybridized carbons (Fsp3) is 0.472. The number of hydrogen-bond donors (Lipinski definition) is 14. The van der Waals surface area contributed by atoms with E-state index in [0.29, 0.717) is 30.4 Å². The van der Waals surface area contributed by atoms with Crippen LogP contribution in [-0.4, -0.2) is 162 Å². The summed E-state index contributed by atoms with van der Waals surface area (Å²) in [6.07, 6.45) is 1.21. The Morgan fingerprint density at radius 1 is 0.474 bits per heavy atom. The number of rotatable bonds is 19. The molecular weight excluding hydrogens is 1010 g/mol. The first-order valence-electron chi connectivity index (χ1n) is 26.2. The molecular formula is C53H75N15O10. The number of fused-ring (bicyclic) bond motifs is 1. The fourth-order valence-electron chi connectivity index (χ4n) is 9.06. The highest BCUT2D eigenvalue weighted by Crippen LogP contribution is 2.22. The van der Waals surface area contributed by atoms with Crippen molar-refractivity contribution in [1.29, 1.82) is 0 Å². The summed E-state index contributed by atoms with van der Waals surface area (Å²) in [5, 5.41) is 39.6. The molecule has 8 atom stereocenters. The summed E-state index contributed by atoms with van der Waals surface area (Å²) < 4.78 is 0. The number of aliphatic imine (C=N–C) groups is 2. The molecule has 3 aromatic carbocycles. The Labute approximate surface area is 452 Å². The Bertz CT molecular complexity index is 2550. The molecule has 2 aliphatic rings. The van der Waals surface area contributed by atoms with Crippen LogP contribution in [0.2, 0.25) is 0 Å². The minimum atomic E-state index is -1.71. The molecule has 8 amide bonds. The third kappa shape index (κ3) is 18.8. The van der Waals surface area contributed by atoms with Crippen LogP contribution >= 0.6 is 0 Å². The van der Waals surface area contributed by atoms with Crippen LogP contribution in [0.5, 0.6) is 0 Å². The summed E-state index contributed by atoms with van der Waals surface area (Å²) >= 11 is 0. The van der Waals surface area contributed by atoms with Crippen molar-refractivity contribution < 1.29 is 48.6 Å². The number of nitrogens with zero attached hydrogens (tertiary/aromatic N) is 3. The van der Waals surface area contributed by atoms with E-state index in [1.807, 2.05) is 42.5 Å². The Balaban J connectivity index is 1.57. The molecule has 19 N–H and O–H groups in total. The van der Waals surface area contributed by atoms with E-state index < -0.39 is 109 Å². The van der Waals surface area contributed by atoms with Gasteiger partial charge in [-0.15, -0.1) is 0 Å². The lowest BCUT2D eigenvalue weighted by Gasteiger charge is -2.31. The molecule has 78 heavy (non-hydrogen) atoms. The first-order chi connectivity index (χ1) is 37.5. The van der Waals surface area contributed by atoms with Crippen molar-refractivity contribution >= 4 is 59.2 Å². The quantitative estimate of drug-likeness (QED) is 0.0319. The van der Waals surface area contributed by atoms with Crippen LogP contribution in [0.4, 0.5) is 0 Å². The third-order valence-corrected chi connectivity index (χ3v) is 13.2. The van der Waals surface area contributed by atoms with Gasteiger partial charge >= 0.3 is 0 Å². The number of guanidine groups is 2. The van der Waals surface area contributed by atoms with Gasteiger partial charge in [-0.05, 0) is 86.6 Å². The number of benzene rings is 3. The summed E-state index contributed by atoms with van der Waals surface area (Å²) in [6, 6.07) is 13.8. The summed E-state index contributed by atoms with van der Waals surface area (Å²) in [5.41, 5.74) is 30.9. The number of nitrogens with two attached hydrogens (primary N) is 5. The lowest BCUT2D eigenvalue weighted by molar-refractivity contribution is -0.143. The summed E-state index contributed by atoms with van der Waals surface area (Å²) in [5.74, 6) is -7.30. The first kappa shape index (κ1) is 60.7. The van der Waals surface area contributed by atoms with Crippen molar-refractivity contribution in [3.05, 3.63) is 96.1 Å². The van der Waals surface area contributed by atoms with E-state index in [1.165, 1.54) is 4.90 Å². The van der Waals surface area contributed by atoms with Crippen LogP contribution < -0.4 is 65.9 Å². The summed E-state index contributed by atoms with van der Waals surface area (Å²) in [7, 11) is 0. The number of amides is 8. The topological polar surface area (TPSA) is 419 Å². The molecule has 3 aromatic rings. The van der Waals surface area contributed by atoms with E-state index in [1.54, 1.807) is 42.5 Å². The molecule has 5 rings (SSSR count). The maximum atomic E-state index is 14.7. The Morgan fingerprint density at radius 2 is 0.872 bits per heavy atom. The van der Waals surface area contributed by atoms with E-state index in [9.17, 15) is 48.6 Å². The molecule has 0 unspecified atom stereocenters. The van der Waals surface area contributed by atoms with Crippen molar-refractivity contribution in [2.75, 3.05) is 39.4 Å². The smallest absolute Gasteiger partial charge is 0.246 e. The third-order valence-electron chi connectivity index (χ3n) is 13.2. The molecule has 2 aliphatic heterocycles. The van der Waals surface area contributed by atoms with Gasteiger partial charge in [0.15, 0.2) is 11.9 Å². The van der Waals surface area contributed by atoms with Crippen molar-refractivity contribution in [1.82, 2.24) is 42.1 Å². The van der Waals surface area contributed by atoms with Gasteiger partial charge in [0.25, 0.3) is 0 Å². The fourth-order valence-corrected chi connectivity index (χ4v) is 9.06. The zero-order valence-electron chi connectivity index (χ0n) is 43.6. The number of carbonyl (C=O) groups is 8. The van der Waals surface area contributed by atoms with E-state index in [0.717, 1.165) is 11.1 Å². The molecule has 0 bridgehead atoms. The zero-order chi connectivity index (χ0) is 56.6. The predicted molar refractivity (Wildman–Crippen MR) is 291 cm³/mol. The summed E-state index contributed by atoms with van der Waals surface area (Å²) in [4.78, 5) is 124. The number of unbranched alkanes of at least 4 members (excludes halogenated alkanes) is 1. The lowest BCUT2D eigenvalue weighted by atomic mass is 9.99. The largest absolute Gasteiger partial charge is 0.394 e. The Hall–Kier alpha value is -8.16. The minimum Gasteiger partial charge on any atom is -0.394 e. The van der Waals surface area contributed by atoms with Gasteiger partial charge in [0, 0.05) is 32.5 Å². The average Bonchev–Trinajstić information content (AvgIpc) is 3.95. The van der Waals surface area contributed by atoms with Gasteiger partial charge in [-0.1, -0.05) is 84.9 Å². The van der Waals surface area contributed by atoms with Gasteiger partial charge in [-0.2, -0.15) is 0 Å². The second kappa shape index (κ2) is 31.2. The molecule has 0 aromatic heterocycles. The van der Waals surface area contributed by atoms with Crippen LogP contribution in [0.1, 0.15) is 68.9 Å². The molecule has 0 radical (unpaired) electrons. The predicted octanol–water partition coefficient (Wildman–Crippen LogP) is -3.24. The first-order valence-corrected chi connectivity index (χ1v) is 26.2.